The Morgan fingerprint density at radius 3 is 2.82 bits per heavy atom. The van der Waals surface area contributed by atoms with Gasteiger partial charge in [-0.05, 0) is 41.4 Å². The molecule has 1 fully saturated rings. The first-order chi connectivity index (χ1) is 8.19. The van der Waals surface area contributed by atoms with Crippen molar-refractivity contribution in [3.8, 4) is 0 Å². The molecule has 0 aromatic carbocycles. The number of anilines is 1. The second-order valence-electron chi connectivity index (χ2n) is 4.34. The summed E-state index contributed by atoms with van der Waals surface area (Å²) in [6.45, 7) is 5.66. The van der Waals surface area contributed by atoms with Crippen LogP contribution in [0.5, 0.6) is 0 Å². The fourth-order valence-corrected chi connectivity index (χ4v) is 2.79. The Morgan fingerprint density at radius 1 is 1.53 bits per heavy atom. The maximum atomic E-state index is 6.14. The fraction of sp³-hybridized carbons (Fsp3) is 0.583. The summed E-state index contributed by atoms with van der Waals surface area (Å²) >= 11 is 9.50. The molecule has 0 unspecified atom stereocenters. The van der Waals surface area contributed by atoms with Crippen LogP contribution in [-0.2, 0) is 0 Å². The van der Waals surface area contributed by atoms with Gasteiger partial charge in [-0.3, -0.25) is 0 Å². The van der Waals surface area contributed by atoms with Crippen LogP contribution in [0.4, 0.5) is 5.82 Å². The highest BCUT2D eigenvalue weighted by molar-refractivity contribution is 9.10. The Balaban J connectivity index is 1.93. The molecule has 1 aromatic rings. The van der Waals surface area contributed by atoms with E-state index >= 15 is 0 Å². The molecule has 0 saturated carbocycles. The molecule has 0 atom stereocenters. The van der Waals surface area contributed by atoms with E-state index in [9.17, 15) is 0 Å². The second-order valence-corrected chi connectivity index (χ2v) is 5.66. The summed E-state index contributed by atoms with van der Waals surface area (Å²) in [4.78, 5) is 6.77. The van der Waals surface area contributed by atoms with Gasteiger partial charge in [-0.2, -0.15) is 0 Å². The Labute approximate surface area is 116 Å². The summed E-state index contributed by atoms with van der Waals surface area (Å²) in [5.74, 6) is 0.796. The lowest BCUT2D eigenvalue weighted by Crippen LogP contribution is -2.39. The molecule has 17 heavy (non-hydrogen) atoms. The first-order valence-corrected chi connectivity index (χ1v) is 7.16. The predicted octanol–water partition coefficient (Wildman–Crippen LogP) is 3.39. The number of aromatic nitrogens is 1. The topological polar surface area (TPSA) is 28.2 Å². The van der Waals surface area contributed by atoms with Crippen LogP contribution < -0.4 is 5.32 Å². The number of likely N-dealkylation sites (tertiary alicyclic amines) is 1. The molecule has 2 heterocycles. The lowest BCUT2D eigenvalue weighted by atomic mass is 10.1. The van der Waals surface area contributed by atoms with E-state index in [4.69, 9.17) is 11.6 Å². The van der Waals surface area contributed by atoms with Gasteiger partial charge in [0.1, 0.15) is 5.82 Å². The minimum absolute atomic E-state index is 0.490. The van der Waals surface area contributed by atoms with Crippen molar-refractivity contribution in [2.75, 3.05) is 25.0 Å². The maximum absolute atomic E-state index is 6.14. The molecule has 1 saturated heterocycles. The number of nitrogens with zero attached hydrogens (tertiary/aromatic N) is 2. The fourth-order valence-electron chi connectivity index (χ4n) is 2.11. The van der Waals surface area contributed by atoms with E-state index in [1.807, 2.05) is 6.07 Å². The summed E-state index contributed by atoms with van der Waals surface area (Å²) in [7, 11) is 0. The van der Waals surface area contributed by atoms with Crippen LogP contribution in [0.1, 0.15) is 19.8 Å². The number of hydrogen-bond donors (Lipinski definition) is 1. The quantitative estimate of drug-likeness (QED) is 0.926. The third kappa shape index (κ3) is 3.57. The predicted molar refractivity (Wildman–Crippen MR) is 75.7 cm³/mol. The van der Waals surface area contributed by atoms with E-state index in [0.29, 0.717) is 11.1 Å². The highest BCUT2D eigenvalue weighted by Gasteiger charge is 2.18. The molecule has 1 aromatic heterocycles. The van der Waals surface area contributed by atoms with Crippen LogP contribution >= 0.6 is 27.5 Å². The van der Waals surface area contributed by atoms with Crippen molar-refractivity contribution in [1.29, 1.82) is 0 Å². The zero-order chi connectivity index (χ0) is 12.3. The molecule has 1 N–H and O–H groups in total. The van der Waals surface area contributed by atoms with Crippen LogP contribution in [0.2, 0.25) is 5.02 Å². The van der Waals surface area contributed by atoms with Gasteiger partial charge in [0.2, 0.25) is 0 Å². The van der Waals surface area contributed by atoms with Crippen molar-refractivity contribution in [3.05, 3.63) is 21.8 Å². The minimum Gasteiger partial charge on any atom is -0.366 e. The van der Waals surface area contributed by atoms with E-state index in [1.165, 1.54) is 0 Å². The largest absolute Gasteiger partial charge is 0.366 e. The SMILES string of the molecule is CCN1CCC(Nc2ncc(Br)cc2Cl)CC1. The van der Waals surface area contributed by atoms with Crippen molar-refractivity contribution >= 4 is 33.3 Å². The van der Waals surface area contributed by atoms with Gasteiger partial charge in [-0.1, -0.05) is 18.5 Å². The Morgan fingerprint density at radius 2 is 2.24 bits per heavy atom. The van der Waals surface area contributed by atoms with Crippen molar-refractivity contribution in [2.45, 2.75) is 25.8 Å². The number of nitrogens with one attached hydrogen (secondary N) is 1. The Bertz CT molecular complexity index is 378. The number of pyridine rings is 1. The highest BCUT2D eigenvalue weighted by Crippen LogP contribution is 2.25. The molecule has 0 radical (unpaired) electrons. The lowest BCUT2D eigenvalue weighted by molar-refractivity contribution is 0.229. The number of piperidine rings is 1. The minimum atomic E-state index is 0.490. The molecule has 0 aliphatic carbocycles. The smallest absolute Gasteiger partial charge is 0.145 e. The van der Waals surface area contributed by atoms with Crippen LogP contribution in [0.25, 0.3) is 0 Å². The average Bonchev–Trinajstić information content (AvgIpc) is 2.34. The standard InChI is InChI=1S/C12H17BrClN3/c1-2-17-5-3-10(4-6-17)16-12-11(14)7-9(13)8-15-12/h7-8,10H,2-6H2,1H3,(H,15,16). The van der Waals surface area contributed by atoms with E-state index in [0.717, 1.165) is 42.8 Å². The molecule has 5 heteroatoms. The van der Waals surface area contributed by atoms with Gasteiger partial charge in [-0.25, -0.2) is 4.98 Å². The molecular weight excluding hydrogens is 302 g/mol. The van der Waals surface area contributed by atoms with Gasteiger partial charge in [0.15, 0.2) is 0 Å². The molecule has 2 rings (SSSR count). The molecule has 0 spiro atoms. The molecule has 94 valence electrons. The number of hydrogen-bond acceptors (Lipinski definition) is 3. The van der Waals surface area contributed by atoms with Gasteiger partial charge in [0, 0.05) is 29.8 Å². The second kappa shape index (κ2) is 6.03. The normalized spacial score (nSPS) is 18.3. The van der Waals surface area contributed by atoms with E-state index in [1.54, 1.807) is 6.20 Å². The third-order valence-corrected chi connectivity index (χ3v) is 3.91. The Hall–Kier alpha value is -0.320. The van der Waals surface area contributed by atoms with Gasteiger partial charge >= 0.3 is 0 Å². The molecule has 3 nitrogen and oxygen atoms in total. The first kappa shape index (κ1) is 13.1. The van der Waals surface area contributed by atoms with Crippen LogP contribution in [0.3, 0.4) is 0 Å². The third-order valence-electron chi connectivity index (χ3n) is 3.18. The summed E-state index contributed by atoms with van der Waals surface area (Å²) in [6, 6.07) is 2.36. The summed E-state index contributed by atoms with van der Waals surface area (Å²) < 4.78 is 0.911. The van der Waals surface area contributed by atoms with Crippen LogP contribution in [0.15, 0.2) is 16.7 Å². The zero-order valence-corrected chi connectivity index (χ0v) is 12.3. The van der Waals surface area contributed by atoms with Gasteiger partial charge in [0.25, 0.3) is 0 Å². The van der Waals surface area contributed by atoms with Crippen molar-refractivity contribution in [3.63, 3.8) is 0 Å². The summed E-state index contributed by atoms with van der Waals surface area (Å²) in [6.07, 6.45) is 4.08. The first-order valence-electron chi connectivity index (χ1n) is 5.99. The van der Waals surface area contributed by atoms with Gasteiger partial charge in [0.05, 0.1) is 5.02 Å². The lowest BCUT2D eigenvalue weighted by Gasteiger charge is -2.31. The molecular formula is C12H17BrClN3. The van der Waals surface area contributed by atoms with Crippen molar-refractivity contribution in [2.24, 2.45) is 0 Å². The van der Waals surface area contributed by atoms with Gasteiger partial charge < -0.3 is 10.2 Å². The molecule has 0 bridgehead atoms. The van der Waals surface area contributed by atoms with E-state index in [2.05, 4.69) is 38.1 Å². The Kier molecular flexibility index (Phi) is 4.65. The molecule has 0 amide bonds. The summed E-state index contributed by atoms with van der Waals surface area (Å²) in [5.41, 5.74) is 0. The van der Waals surface area contributed by atoms with E-state index < -0.39 is 0 Å². The number of rotatable bonds is 3. The van der Waals surface area contributed by atoms with Crippen LogP contribution in [0, 0.1) is 0 Å². The maximum Gasteiger partial charge on any atom is 0.145 e. The van der Waals surface area contributed by atoms with Crippen molar-refractivity contribution in [1.82, 2.24) is 9.88 Å². The highest BCUT2D eigenvalue weighted by atomic mass is 79.9. The number of halogens is 2. The van der Waals surface area contributed by atoms with Crippen molar-refractivity contribution < 1.29 is 0 Å². The van der Waals surface area contributed by atoms with Crippen LogP contribution in [-0.4, -0.2) is 35.6 Å². The van der Waals surface area contributed by atoms with Gasteiger partial charge in [-0.15, -0.1) is 0 Å². The zero-order valence-electron chi connectivity index (χ0n) is 9.92. The molecule has 1 aliphatic rings. The van der Waals surface area contributed by atoms with E-state index in [-0.39, 0.29) is 0 Å². The monoisotopic (exact) mass is 317 g/mol. The summed E-state index contributed by atoms with van der Waals surface area (Å²) in [5, 5.41) is 4.11. The molecule has 1 aliphatic heterocycles. The average molecular weight is 319 g/mol.